The average Bonchev–Trinajstić information content (AvgIpc) is 1.59. The predicted octanol–water partition coefficient (Wildman–Crippen LogP) is 31.2. The molecule has 24 aromatic rings. The van der Waals surface area contributed by atoms with Crippen molar-refractivity contribution in [3.63, 3.8) is 0 Å². The lowest BCUT2D eigenvalue weighted by molar-refractivity contribution is 1.08. The van der Waals surface area contributed by atoms with E-state index in [1.54, 1.807) is 0 Å². The van der Waals surface area contributed by atoms with E-state index >= 15 is 0 Å². The van der Waals surface area contributed by atoms with Crippen LogP contribution in [-0.2, 0) is 0 Å². The van der Waals surface area contributed by atoms with Crippen LogP contribution in [-0.4, -0.2) is 28.2 Å². The zero-order valence-corrected chi connectivity index (χ0v) is 67.7. The molecule has 0 aliphatic rings. The second-order valence-electron chi connectivity index (χ2n) is 32.0. The van der Waals surface area contributed by atoms with Gasteiger partial charge in [-0.3, -0.25) is 4.57 Å². The van der Waals surface area contributed by atoms with E-state index in [0.717, 1.165) is 89.8 Å². The van der Waals surface area contributed by atoms with E-state index in [4.69, 9.17) is 9.97 Å². The summed E-state index contributed by atoms with van der Waals surface area (Å²) in [7, 11) is 0. The van der Waals surface area contributed by atoms with Crippen LogP contribution >= 0.6 is 0 Å². The number of fused-ring (bicyclic) bond motifs is 12. The quantitative estimate of drug-likeness (QED) is 0.109. The number of aromatic nitrogens is 6. The molecule has 124 heavy (non-hydrogen) atoms. The minimum Gasteiger partial charge on any atom is -0.309 e. The van der Waals surface area contributed by atoms with Gasteiger partial charge in [0.2, 0.25) is 0 Å². The number of hydrogen-bond donors (Lipinski definition) is 0. The van der Waals surface area contributed by atoms with Crippen LogP contribution < -0.4 is 0 Å². The highest BCUT2D eigenvalue weighted by Crippen LogP contribution is 2.45. The first-order chi connectivity index (χ1) is 61.5. The first kappa shape index (κ1) is 72.7. The zero-order valence-electron chi connectivity index (χ0n) is 67.7. The predicted molar refractivity (Wildman–Crippen MR) is 520 cm³/mol. The summed E-state index contributed by atoms with van der Waals surface area (Å²) in [4.78, 5) is 10.5. The summed E-state index contributed by atoms with van der Waals surface area (Å²) in [5.74, 6) is 0.894. The molecule has 580 valence electrons. The number of rotatable bonds is 14. The highest BCUT2D eigenvalue weighted by Gasteiger charge is 2.23. The molecular formula is C118H78N6. The van der Waals surface area contributed by atoms with Crippen LogP contribution in [0.15, 0.2) is 473 Å². The first-order valence-corrected chi connectivity index (χ1v) is 42.4. The minimum absolute atomic E-state index is 0.894. The fourth-order valence-electron chi connectivity index (χ4n) is 18.7. The van der Waals surface area contributed by atoms with E-state index in [0.29, 0.717) is 0 Å². The highest BCUT2D eigenvalue weighted by molar-refractivity contribution is 6.15. The number of para-hydroxylation sites is 4. The molecule has 0 bridgehead atoms. The third-order valence-corrected chi connectivity index (χ3v) is 24.6. The molecule has 6 heteroatoms. The fraction of sp³-hybridized carbons (Fsp3) is 0. The van der Waals surface area contributed by atoms with Crippen molar-refractivity contribution < 1.29 is 0 Å². The largest absolute Gasteiger partial charge is 0.309 e. The Morgan fingerprint density at radius 1 is 0.121 bits per heavy atom. The van der Waals surface area contributed by atoms with Gasteiger partial charge < -0.3 is 13.7 Å². The molecule has 0 saturated carbocycles. The fourth-order valence-corrected chi connectivity index (χ4v) is 18.7. The Labute approximate surface area is 718 Å². The first-order valence-electron chi connectivity index (χ1n) is 42.4. The summed E-state index contributed by atoms with van der Waals surface area (Å²) in [6.45, 7) is 0. The molecule has 0 aliphatic carbocycles. The molecule has 6 heterocycles. The molecular weight excluding hydrogens is 1500 g/mol. The van der Waals surface area contributed by atoms with Crippen molar-refractivity contribution in [1.82, 2.24) is 28.2 Å². The summed E-state index contributed by atoms with van der Waals surface area (Å²) in [5, 5.41) is 9.73. The van der Waals surface area contributed by atoms with Crippen LogP contribution in [0.25, 0.3) is 222 Å². The molecule has 24 rings (SSSR count). The number of hydrogen-bond acceptors (Lipinski definition) is 2. The van der Waals surface area contributed by atoms with Crippen LogP contribution in [0.5, 0.6) is 0 Å². The van der Waals surface area contributed by atoms with Gasteiger partial charge in [0, 0.05) is 71.2 Å². The van der Waals surface area contributed by atoms with Gasteiger partial charge in [-0.2, -0.15) is 0 Å². The van der Waals surface area contributed by atoms with Crippen molar-refractivity contribution in [2.24, 2.45) is 0 Å². The Morgan fingerprint density at radius 3 is 0.629 bits per heavy atom. The smallest absolute Gasteiger partial charge is 0.138 e. The van der Waals surface area contributed by atoms with Crippen LogP contribution in [0.4, 0.5) is 0 Å². The van der Waals surface area contributed by atoms with Gasteiger partial charge in [0.25, 0.3) is 0 Å². The van der Waals surface area contributed by atoms with Gasteiger partial charge in [0.1, 0.15) is 5.82 Å². The SMILES string of the molecule is c1ccc(-c2cc(-c3ccccc3)cc(-n3c4ccccc4c4cc(-c5ccc6c(c5)c5ccccc5n6-c5cc(-c6ccccc6)cc(-c6ccccc6)n5)ccc43)c2)cc1.c1ccc(-c2cc(-c3ccccc3)cc(-n3c4ccccc4c4cc(-c5ccc6c(c5)c5ccccc5n6-c5cc(-c6ccccc6)nc(-c6ccccc6)c5)ccc43)c2)cc1. The van der Waals surface area contributed by atoms with Gasteiger partial charge in [0.15, 0.2) is 0 Å². The molecule has 6 aromatic heterocycles. The maximum atomic E-state index is 5.35. The molecule has 0 unspecified atom stereocenters. The van der Waals surface area contributed by atoms with Crippen LogP contribution in [0.2, 0.25) is 0 Å². The molecule has 0 radical (unpaired) electrons. The van der Waals surface area contributed by atoms with Gasteiger partial charge in [0.05, 0.1) is 66.9 Å². The van der Waals surface area contributed by atoms with E-state index in [1.807, 2.05) is 0 Å². The Hall–Kier alpha value is -16.5. The number of nitrogens with zero attached hydrogens (tertiary/aromatic N) is 6. The third-order valence-electron chi connectivity index (χ3n) is 24.6. The van der Waals surface area contributed by atoms with Crippen LogP contribution in [0.3, 0.4) is 0 Å². The van der Waals surface area contributed by atoms with Crippen molar-refractivity contribution in [1.29, 1.82) is 0 Å². The molecule has 0 fully saturated rings. The molecule has 18 aromatic carbocycles. The lowest BCUT2D eigenvalue weighted by atomic mass is 9.98. The van der Waals surface area contributed by atoms with Crippen molar-refractivity contribution in [2.45, 2.75) is 0 Å². The van der Waals surface area contributed by atoms with E-state index < -0.39 is 0 Å². The van der Waals surface area contributed by atoms with Gasteiger partial charge in [-0.05, 0) is 211 Å². The Morgan fingerprint density at radius 2 is 0.339 bits per heavy atom. The molecule has 0 amide bonds. The Bertz CT molecular complexity index is 6970. The van der Waals surface area contributed by atoms with Crippen molar-refractivity contribution >= 4 is 87.2 Å². The van der Waals surface area contributed by atoms with Crippen molar-refractivity contribution in [2.75, 3.05) is 0 Å². The second kappa shape index (κ2) is 31.0. The van der Waals surface area contributed by atoms with Crippen molar-refractivity contribution in [3.8, 4) is 135 Å². The zero-order chi connectivity index (χ0) is 82.0. The normalized spacial score (nSPS) is 11.5. The monoisotopic (exact) mass is 1580 g/mol. The highest BCUT2D eigenvalue weighted by atomic mass is 15.1. The van der Waals surface area contributed by atoms with Gasteiger partial charge in [-0.15, -0.1) is 0 Å². The Balaban J connectivity index is 0.000000143. The summed E-state index contributed by atoms with van der Waals surface area (Å²) >= 11 is 0. The molecule has 0 atom stereocenters. The standard InChI is InChI=1S/2C59H39N3/c1-5-17-40(18-6-1)46-33-47(41-19-7-2-8-20-41)35-49(34-46)61-55-27-15-13-25-50(55)52-36-44(29-31-57(52)61)45-30-32-58-53(37-45)51-26-14-16-28-56(51)62(58)59-39-48(42-21-9-3-10-22-42)38-54(60-59)43-23-11-4-12-24-43;1-5-17-40(18-6-1)46-33-47(41-19-7-2-8-20-41)35-48(34-46)61-56-27-15-13-25-50(56)52-36-44(29-31-58(52)61)45-30-32-59-53(37-45)51-26-14-16-28-57(51)62(59)49-38-54(42-21-9-3-10-22-42)60-55(39-49)43-23-11-4-12-24-43/h2*1-39H. The summed E-state index contributed by atoms with van der Waals surface area (Å²) in [5.41, 5.74) is 35.3. The van der Waals surface area contributed by atoms with E-state index in [-0.39, 0.29) is 0 Å². The third kappa shape index (κ3) is 13.2. The lowest BCUT2D eigenvalue weighted by Gasteiger charge is -2.14. The second-order valence-corrected chi connectivity index (χ2v) is 32.0. The minimum atomic E-state index is 0.894. The summed E-state index contributed by atoms with van der Waals surface area (Å²) < 4.78 is 9.60. The average molecular weight is 1580 g/mol. The number of pyridine rings is 2. The maximum Gasteiger partial charge on any atom is 0.138 e. The lowest BCUT2D eigenvalue weighted by Crippen LogP contribution is -2.00. The van der Waals surface area contributed by atoms with Gasteiger partial charge >= 0.3 is 0 Å². The number of benzene rings is 18. The summed E-state index contributed by atoms with van der Waals surface area (Å²) in [6, 6.07) is 171. The van der Waals surface area contributed by atoms with Crippen LogP contribution in [0, 0.1) is 0 Å². The van der Waals surface area contributed by atoms with E-state index in [2.05, 4.69) is 491 Å². The maximum absolute atomic E-state index is 5.35. The summed E-state index contributed by atoms with van der Waals surface area (Å²) in [6.07, 6.45) is 0. The van der Waals surface area contributed by atoms with E-state index in [9.17, 15) is 0 Å². The topological polar surface area (TPSA) is 45.5 Å². The molecule has 0 aliphatic heterocycles. The van der Waals surface area contributed by atoms with Crippen molar-refractivity contribution in [3.05, 3.63) is 473 Å². The van der Waals surface area contributed by atoms with E-state index in [1.165, 1.54) is 132 Å². The van der Waals surface area contributed by atoms with Crippen LogP contribution in [0.1, 0.15) is 0 Å². The van der Waals surface area contributed by atoms with Gasteiger partial charge in [-0.25, -0.2) is 9.97 Å². The van der Waals surface area contributed by atoms with Gasteiger partial charge in [-0.1, -0.05) is 340 Å². The molecule has 6 nitrogen and oxygen atoms in total. The molecule has 0 saturated heterocycles. The molecule has 0 spiro atoms. The molecule has 0 N–H and O–H groups in total. The Kier molecular flexibility index (Phi) is 18.2.